The van der Waals surface area contributed by atoms with Gasteiger partial charge in [-0.05, 0) is 62.3 Å². The number of hydrogen-bond donors (Lipinski definition) is 1. The van der Waals surface area contributed by atoms with Gasteiger partial charge in [-0.25, -0.2) is 0 Å². The van der Waals surface area contributed by atoms with Crippen LogP contribution in [0, 0.1) is 0 Å². The molecule has 0 saturated heterocycles. The first-order valence-corrected chi connectivity index (χ1v) is 11.8. The van der Waals surface area contributed by atoms with E-state index < -0.39 is 6.04 Å². The van der Waals surface area contributed by atoms with E-state index >= 15 is 0 Å². The summed E-state index contributed by atoms with van der Waals surface area (Å²) in [7, 11) is 0. The predicted octanol–water partition coefficient (Wildman–Crippen LogP) is 5.54. The molecule has 2 aromatic rings. The number of carbonyl (C=O) groups excluding carboxylic acids is 2. The maximum atomic E-state index is 13.0. The summed E-state index contributed by atoms with van der Waals surface area (Å²) in [5, 5.41) is 3.71. The molecule has 0 aliphatic rings. The minimum atomic E-state index is -0.518. The van der Waals surface area contributed by atoms with Crippen molar-refractivity contribution < 1.29 is 9.59 Å². The van der Waals surface area contributed by atoms with Gasteiger partial charge in [0.05, 0.1) is 0 Å². The van der Waals surface area contributed by atoms with E-state index in [9.17, 15) is 9.59 Å². The van der Waals surface area contributed by atoms with E-state index in [0.717, 1.165) is 34.1 Å². The van der Waals surface area contributed by atoms with Crippen LogP contribution < -0.4 is 5.32 Å². The highest BCUT2D eigenvalue weighted by atomic mass is 35.5. The third kappa shape index (κ3) is 8.04. The number of thioether (sulfide) groups is 1. The second-order valence-corrected chi connectivity index (χ2v) is 9.01. The van der Waals surface area contributed by atoms with E-state index in [1.807, 2.05) is 68.4 Å². The molecule has 2 atom stereocenters. The summed E-state index contributed by atoms with van der Waals surface area (Å²) in [5.41, 5.74) is 1.02. The first kappa shape index (κ1) is 24.3. The number of amides is 2. The van der Waals surface area contributed by atoms with Crippen LogP contribution >= 0.6 is 23.4 Å². The fourth-order valence-corrected chi connectivity index (χ4v) is 3.90. The van der Waals surface area contributed by atoms with Gasteiger partial charge in [0.25, 0.3) is 0 Å². The van der Waals surface area contributed by atoms with Crippen LogP contribution in [-0.4, -0.2) is 34.6 Å². The van der Waals surface area contributed by atoms with Crippen LogP contribution in [0.15, 0.2) is 59.5 Å². The maximum absolute atomic E-state index is 13.0. The standard InChI is InChI=1S/C24H31ClN2O2S/c1-4-18(2)26-24(29)19(3)27(17-20-9-6-5-7-10-20)23(28)11-8-16-30-22-14-12-21(25)13-15-22/h5-7,9-10,12-15,18-19H,4,8,11,16-17H2,1-3H3,(H,26,29)/t18-,19+/m0/s1. The van der Waals surface area contributed by atoms with Crippen molar-refractivity contribution in [2.45, 2.75) is 63.6 Å². The van der Waals surface area contributed by atoms with Crippen LogP contribution in [0.4, 0.5) is 0 Å². The van der Waals surface area contributed by atoms with Crippen molar-refractivity contribution in [2.24, 2.45) is 0 Å². The predicted molar refractivity (Wildman–Crippen MR) is 126 cm³/mol. The highest BCUT2D eigenvalue weighted by molar-refractivity contribution is 7.99. The molecule has 0 unspecified atom stereocenters. The minimum Gasteiger partial charge on any atom is -0.352 e. The molecule has 0 heterocycles. The topological polar surface area (TPSA) is 49.4 Å². The molecular weight excluding hydrogens is 416 g/mol. The van der Waals surface area contributed by atoms with Gasteiger partial charge in [0, 0.05) is 28.9 Å². The Bertz CT molecular complexity index is 799. The summed E-state index contributed by atoms with van der Waals surface area (Å²) in [6.45, 7) is 6.24. The highest BCUT2D eigenvalue weighted by Crippen LogP contribution is 2.22. The van der Waals surface area contributed by atoms with Gasteiger partial charge in [-0.2, -0.15) is 0 Å². The number of benzene rings is 2. The molecule has 0 bridgehead atoms. The van der Waals surface area contributed by atoms with E-state index in [1.165, 1.54) is 0 Å². The number of carbonyl (C=O) groups is 2. The monoisotopic (exact) mass is 446 g/mol. The van der Waals surface area contributed by atoms with Crippen molar-refractivity contribution in [3.05, 3.63) is 65.2 Å². The molecule has 2 aromatic carbocycles. The second kappa shape index (κ2) is 12.7. The number of nitrogens with zero attached hydrogens (tertiary/aromatic N) is 1. The molecule has 1 N–H and O–H groups in total. The Morgan fingerprint density at radius 1 is 1.07 bits per heavy atom. The van der Waals surface area contributed by atoms with Crippen LogP contribution in [0.25, 0.3) is 0 Å². The van der Waals surface area contributed by atoms with Crippen molar-refractivity contribution in [2.75, 3.05) is 5.75 Å². The SMILES string of the molecule is CC[C@H](C)NC(=O)[C@@H](C)N(Cc1ccccc1)C(=O)CCCSc1ccc(Cl)cc1. The van der Waals surface area contributed by atoms with Gasteiger partial charge in [-0.15, -0.1) is 11.8 Å². The molecule has 2 rings (SSSR count). The Balaban J connectivity index is 1.96. The lowest BCUT2D eigenvalue weighted by Crippen LogP contribution is -2.49. The largest absolute Gasteiger partial charge is 0.352 e. The Morgan fingerprint density at radius 2 is 1.73 bits per heavy atom. The van der Waals surface area contributed by atoms with Gasteiger partial charge in [0.2, 0.25) is 11.8 Å². The van der Waals surface area contributed by atoms with E-state index in [4.69, 9.17) is 11.6 Å². The fraction of sp³-hybridized carbons (Fsp3) is 0.417. The van der Waals surface area contributed by atoms with Gasteiger partial charge in [0.1, 0.15) is 6.04 Å². The summed E-state index contributed by atoms with van der Waals surface area (Å²) in [5.74, 6) is 0.728. The Morgan fingerprint density at radius 3 is 2.37 bits per heavy atom. The van der Waals surface area contributed by atoms with E-state index in [0.29, 0.717) is 13.0 Å². The molecule has 0 radical (unpaired) electrons. The molecule has 6 heteroatoms. The summed E-state index contributed by atoms with van der Waals surface area (Å²) in [6.07, 6.45) is 2.01. The summed E-state index contributed by atoms with van der Waals surface area (Å²) in [4.78, 5) is 28.5. The molecule has 0 aliphatic carbocycles. The highest BCUT2D eigenvalue weighted by Gasteiger charge is 2.26. The molecule has 0 fully saturated rings. The zero-order chi connectivity index (χ0) is 21.9. The van der Waals surface area contributed by atoms with E-state index in [2.05, 4.69) is 5.32 Å². The zero-order valence-electron chi connectivity index (χ0n) is 17.9. The Hall–Kier alpha value is -1.98. The molecular formula is C24H31ClN2O2S. The molecule has 0 saturated carbocycles. The Labute approximate surface area is 189 Å². The zero-order valence-corrected chi connectivity index (χ0v) is 19.5. The molecule has 30 heavy (non-hydrogen) atoms. The number of hydrogen-bond acceptors (Lipinski definition) is 3. The average Bonchev–Trinajstić information content (AvgIpc) is 2.76. The lowest BCUT2D eigenvalue weighted by Gasteiger charge is -2.29. The van der Waals surface area contributed by atoms with Gasteiger partial charge < -0.3 is 10.2 Å². The number of halogens is 1. The lowest BCUT2D eigenvalue weighted by atomic mass is 10.1. The van der Waals surface area contributed by atoms with Crippen LogP contribution in [-0.2, 0) is 16.1 Å². The van der Waals surface area contributed by atoms with Crippen LogP contribution in [0.3, 0.4) is 0 Å². The molecule has 0 spiro atoms. The summed E-state index contributed by atoms with van der Waals surface area (Å²) < 4.78 is 0. The van der Waals surface area contributed by atoms with Gasteiger partial charge in [-0.1, -0.05) is 48.9 Å². The summed E-state index contributed by atoms with van der Waals surface area (Å²) in [6, 6.07) is 17.1. The van der Waals surface area contributed by atoms with Gasteiger partial charge in [-0.3, -0.25) is 9.59 Å². The van der Waals surface area contributed by atoms with Crippen molar-refractivity contribution in [3.63, 3.8) is 0 Å². The van der Waals surface area contributed by atoms with Crippen molar-refractivity contribution in [1.82, 2.24) is 10.2 Å². The number of rotatable bonds is 11. The van der Waals surface area contributed by atoms with Crippen molar-refractivity contribution >= 4 is 35.2 Å². The third-order valence-electron chi connectivity index (χ3n) is 4.98. The Kier molecular flexibility index (Phi) is 10.2. The smallest absolute Gasteiger partial charge is 0.242 e. The van der Waals surface area contributed by atoms with Gasteiger partial charge in [0.15, 0.2) is 0 Å². The molecule has 162 valence electrons. The second-order valence-electron chi connectivity index (χ2n) is 7.41. The molecule has 0 aromatic heterocycles. The van der Waals surface area contributed by atoms with Crippen LogP contribution in [0.2, 0.25) is 5.02 Å². The van der Waals surface area contributed by atoms with Crippen molar-refractivity contribution in [1.29, 1.82) is 0 Å². The average molecular weight is 447 g/mol. The van der Waals surface area contributed by atoms with Gasteiger partial charge >= 0.3 is 0 Å². The minimum absolute atomic E-state index is 0.00219. The first-order chi connectivity index (χ1) is 14.4. The van der Waals surface area contributed by atoms with Crippen LogP contribution in [0.1, 0.15) is 45.6 Å². The third-order valence-corrected chi connectivity index (χ3v) is 6.33. The van der Waals surface area contributed by atoms with Crippen LogP contribution in [0.5, 0.6) is 0 Å². The normalized spacial score (nSPS) is 12.8. The molecule has 2 amide bonds. The van der Waals surface area contributed by atoms with E-state index in [1.54, 1.807) is 23.6 Å². The summed E-state index contributed by atoms with van der Waals surface area (Å²) >= 11 is 7.62. The van der Waals surface area contributed by atoms with Crippen molar-refractivity contribution in [3.8, 4) is 0 Å². The molecule has 4 nitrogen and oxygen atoms in total. The fourth-order valence-electron chi connectivity index (χ4n) is 2.92. The maximum Gasteiger partial charge on any atom is 0.242 e. The first-order valence-electron chi connectivity index (χ1n) is 10.4. The number of nitrogens with one attached hydrogen (secondary N) is 1. The quantitative estimate of drug-likeness (QED) is 0.364. The lowest BCUT2D eigenvalue weighted by molar-refractivity contribution is -0.140. The molecule has 0 aliphatic heterocycles. The van der Waals surface area contributed by atoms with E-state index in [-0.39, 0.29) is 17.9 Å².